The zero-order chi connectivity index (χ0) is 17.9. The molecule has 2 heterocycles. The van der Waals surface area contributed by atoms with E-state index in [0.29, 0.717) is 19.2 Å². The number of ether oxygens (including phenoxy) is 2. The number of aryl methyl sites for hydroxylation is 1. The minimum atomic E-state index is -0.460. The molecule has 2 aromatic carbocycles. The molecule has 0 radical (unpaired) electrons. The first kappa shape index (κ1) is 16.5. The van der Waals surface area contributed by atoms with Crippen molar-refractivity contribution in [3.63, 3.8) is 0 Å². The van der Waals surface area contributed by atoms with Crippen LogP contribution in [-0.4, -0.2) is 34.1 Å². The SMILES string of the molecule is Cc1cc(Nc2ncn(-c3ccccc3)n2)c(F)c(OC2CCOC2)c1. The minimum Gasteiger partial charge on any atom is -0.485 e. The second kappa shape index (κ2) is 7.13. The lowest BCUT2D eigenvalue weighted by Gasteiger charge is -2.15. The number of nitrogens with zero attached hydrogens (tertiary/aromatic N) is 3. The number of aromatic nitrogens is 3. The van der Waals surface area contributed by atoms with Crippen molar-refractivity contribution in [2.24, 2.45) is 0 Å². The Hall–Kier alpha value is -2.93. The summed E-state index contributed by atoms with van der Waals surface area (Å²) in [6.07, 6.45) is 2.23. The molecule has 1 N–H and O–H groups in total. The van der Waals surface area contributed by atoms with Crippen molar-refractivity contribution >= 4 is 11.6 Å². The lowest BCUT2D eigenvalue weighted by atomic mass is 10.2. The normalized spacial score (nSPS) is 16.6. The molecule has 0 aliphatic carbocycles. The van der Waals surface area contributed by atoms with E-state index < -0.39 is 5.82 Å². The smallest absolute Gasteiger partial charge is 0.247 e. The van der Waals surface area contributed by atoms with Gasteiger partial charge in [-0.15, -0.1) is 5.10 Å². The van der Waals surface area contributed by atoms with Crippen LogP contribution in [0.25, 0.3) is 5.69 Å². The van der Waals surface area contributed by atoms with Crippen LogP contribution in [-0.2, 0) is 4.74 Å². The van der Waals surface area contributed by atoms with Gasteiger partial charge in [0.25, 0.3) is 0 Å². The maximum absolute atomic E-state index is 14.8. The maximum Gasteiger partial charge on any atom is 0.247 e. The average molecular weight is 354 g/mol. The van der Waals surface area contributed by atoms with Crippen LogP contribution in [0.4, 0.5) is 16.0 Å². The van der Waals surface area contributed by atoms with Crippen LogP contribution in [0.5, 0.6) is 5.75 Å². The second-order valence-corrected chi connectivity index (χ2v) is 6.20. The molecule has 0 amide bonds. The van der Waals surface area contributed by atoms with Crippen molar-refractivity contribution in [2.75, 3.05) is 18.5 Å². The van der Waals surface area contributed by atoms with Crippen molar-refractivity contribution < 1.29 is 13.9 Å². The van der Waals surface area contributed by atoms with Gasteiger partial charge >= 0.3 is 0 Å². The fourth-order valence-electron chi connectivity index (χ4n) is 2.84. The molecule has 1 fully saturated rings. The molecule has 3 aromatic rings. The summed E-state index contributed by atoms with van der Waals surface area (Å²) in [4.78, 5) is 4.20. The van der Waals surface area contributed by atoms with E-state index in [4.69, 9.17) is 9.47 Å². The first-order valence-electron chi connectivity index (χ1n) is 8.48. The standard InChI is InChI=1S/C19H19FN4O2/c1-13-9-16(18(20)17(10-13)26-15-7-8-25-11-15)22-19-21-12-24(23-19)14-5-3-2-4-6-14/h2-6,9-10,12,15H,7-8,11H2,1H3,(H,22,23). The molecule has 7 heteroatoms. The highest BCUT2D eigenvalue weighted by Crippen LogP contribution is 2.30. The van der Waals surface area contributed by atoms with Gasteiger partial charge in [0.1, 0.15) is 12.4 Å². The Morgan fingerprint density at radius 1 is 1.27 bits per heavy atom. The van der Waals surface area contributed by atoms with Gasteiger partial charge in [0.05, 0.1) is 24.6 Å². The highest BCUT2D eigenvalue weighted by molar-refractivity contribution is 5.59. The third-order valence-electron chi connectivity index (χ3n) is 4.12. The number of hydrogen-bond donors (Lipinski definition) is 1. The molecule has 1 aliphatic heterocycles. The maximum atomic E-state index is 14.8. The third-order valence-corrected chi connectivity index (χ3v) is 4.12. The Bertz CT molecular complexity index is 892. The number of hydrogen-bond acceptors (Lipinski definition) is 5. The van der Waals surface area contributed by atoms with E-state index in [2.05, 4.69) is 15.4 Å². The first-order chi connectivity index (χ1) is 12.7. The molecule has 1 saturated heterocycles. The molecule has 1 atom stereocenters. The van der Waals surface area contributed by atoms with Gasteiger partial charge < -0.3 is 14.8 Å². The number of halogens is 1. The Kier molecular flexibility index (Phi) is 4.53. The van der Waals surface area contributed by atoms with Gasteiger partial charge in [0.15, 0.2) is 11.6 Å². The summed E-state index contributed by atoms with van der Waals surface area (Å²) < 4.78 is 27.5. The summed E-state index contributed by atoms with van der Waals surface area (Å²) in [6.45, 7) is 3.02. The van der Waals surface area contributed by atoms with Gasteiger partial charge in [-0.25, -0.2) is 9.07 Å². The Balaban J connectivity index is 1.56. The first-order valence-corrected chi connectivity index (χ1v) is 8.48. The van der Waals surface area contributed by atoms with E-state index in [9.17, 15) is 4.39 Å². The van der Waals surface area contributed by atoms with E-state index >= 15 is 0 Å². The summed E-state index contributed by atoms with van der Waals surface area (Å²) in [5.41, 5.74) is 2.04. The molecule has 1 aliphatic rings. The lowest BCUT2D eigenvalue weighted by Crippen LogP contribution is -2.17. The van der Waals surface area contributed by atoms with Gasteiger partial charge in [0.2, 0.25) is 5.95 Å². The summed E-state index contributed by atoms with van der Waals surface area (Å²) in [7, 11) is 0. The van der Waals surface area contributed by atoms with Gasteiger partial charge in [-0.05, 0) is 36.8 Å². The zero-order valence-corrected chi connectivity index (χ0v) is 14.4. The van der Waals surface area contributed by atoms with E-state index in [0.717, 1.165) is 17.7 Å². The number of para-hydroxylation sites is 1. The van der Waals surface area contributed by atoms with Crippen LogP contribution in [0.1, 0.15) is 12.0 Å². The van der Waals surface area contributed by atoms with Crippen LogP contribution in [0.15, 0.2) is 48.8 Å². The number of rotatable bonds is 5. The van der Waals surface area contributed by atoms with Crippen molar-refractivity contribution in [1.82, 2.24) is 14.8 Å². The molecular formula is C19H19FN4O2. The quantitative estimate of drug-likeness (QED) is 0.758. The van der Waals surface area contributed by atoms with E-state index in [1.54, 1.807) is 23.1 Å². The Labute approximate surface area is 150 Å². The number of anilines is 2. The van der Waals surface area contributed by atoms with Gasteiger partial charge in [-0.1, -0.05) is 18.2 Å². The molecular weight excluding hydrogens is 335 g/mol. The summed E-state index contributed by atoms with van der Waals surface area (Å²) in [5, 5.41) is 7.29. The van der Waals surface area contributed by atoms with Crippen molar-refractivity contribution in [3.8, 4) is 11.4 Å². The third kappa shape index (κ3) is 3.52. The number of benzene rings is 2. The average Bonchev–Trinajstić information content (AvgIpc) is 3.32. The van der Waals surface area contributed by atoms with E-state index in [1.807, 2.05) is 37.3 Å². The second-order valence-electron chi connectivity index (χ2n) is 6.20. The molecule has 0 spiro atoms. The number of nitrogens with one attached hydrogen (secondary N) is 1. The zero-order valence-electron chi connectivity index (χ0n) is 14.4. The fraction of sp³-hybridized carbons (Fsp3) is 0.263. The molecule has 1 aromatic heterocycles. The minimum absolute atomic E-state index is 0.116. The van der Waals surface area contributed by atoms with Crippen LogP contribution in [0.2, 0.25) is 0 Å². The molecule has 0 bridgehead atoms. The van der Waals surface area contributed by atoms with Crippen LogP contribution >= 0.6 is 0 Å². The fourth-order valence-corrected chi connectivity index (χ4v) is 2.84. The summed E-state index contributed by atoms with van der Waals surface area (Å²) in [5.74, 6) is 0.0672. The molecule has 134 valence electrons. The van der Waals surface area contributed by atoms with Crippen molar-refractivity contribution in [3.05, 3.63) is 60.2 Å². The Morgan fingerprint density at radius 3 is 2.88 bits per heavy atom. The molecule has 4 rings (SSSR count). The molecule has 26 heavy (non-hydrogen) atoms. The van der Waals surface area contributed by atoms with Gasteiger partial charge in [-0.2, -0.15) is 4.98 Å². The summed E-state index contributed by atoms with van der Waals surface area (Å²) in [6, 6.07) is 13.0. The monoisotopic (exact) mass is 354 g/mol. The lowest BCUT2D eigenvalue weighted by molar-refractivity contribution is 0.138. The summed E-state index contributed by atoms with van der Waals surface area (Å²) >= 11 is 0. The van der Waals surface area contributed by atoms with Crippen molar-refractivity contribution in [1.29, 1.82) is 0 Å². The molecule has 6 nitrogen and oxygen atoms in total. The van der Waals surface area contributed by atoms with Gasteiger partial charge in [-0.3, -0.25) is 0 Å². The van der Waals surface area contributed by atoms with Gasteiger partial charge in [0, 0.05) is 6.42 Å². The highest BCUT2D eigenvalue weighted by atomic mass is 19.1. The van der Waals surface area contributed by atoms with Crippen LogP contribution in [0, 0.1) is 12.7 Å². The highest BCUT2D eigenvalue weighted by Gasteiger charge is 2.21. The molecule has 1 unspecified atom stereocenters. The largest absolute Gasteiger partial charge is 0.485 e. The van der Waals surface area contributed by atoms with E-state index in [-0.39, 0.29) is 17.5 Å². The van der Waals surface area contributed by atoms with Crippen molar-refractivity contribution in [2.45, 2.75) is 19.4 Å². The molecule has 0 saturated carbocycles. The topological polar surface area (TPSA) is 61.2 Å². The van der Waals surface area contributed by atoms with Crippen LogP contribution < -0.4 is 10.1 Å². The predicted molar refractivity (Wildman–Crippen MR) is 95.6 cm³/mol. The van der Waals surface area contributed by atoms with Crippen LogP contribution in [0.3, 0.4) is 0 Å². The Morgan fingerprint density at radius 2 is 2.12 bits per heavy atom. The predicted octanol–water partition coefficient (Wildman–Crippen LogP) is 3.63. The van der Waals surface area contributed by atoms with E-state index in [1.165, 1.54) is 0 Å².